The van der Waals surface area contributed by atoms with E-state index in [2.05, 4.69) is 51.8 Å². The second kappa shape index (κ2) is 8.89. The summed E-state index contributed by atoms with van der Waals surface area (Å²) in [5.41, 5.74) is 0.289. The first kappa shape index (κ1) is 17.9. The van der Waals surface area contributed by atoms with Crippen LogP contribution in [0.3, 0.4) is 0 Å². The Morgan fingerprint density at radius 1 is 1.17 bits per heavy atom. The maximum absolute atomic E-state index is 9.09. The van der Waals surface area contributed by atoms with Crippen molar-refractivity contribution in [2.75, 3.05) is 26.2 Å². The van der Waals surface area contributed by atoms with Crippen LogP contribution in [0, 0.1) is 5.41 Å². The number of nitrogens with one attached hydrogen (secondary N) is 1. The van der Waals surface area contributed by atoms with E-state index in [-0.39, 0.29) is 12.0 Å². The van der Waals surface area contributed by atoms with Gasteiger partial charge in [-0.3, -0.25) is 4.90 Å². The van der Waals surface area contributed by atoms with Crippen LogP contribution in [0.2, 0.25) is 0 Å². The number of hydrogen-bond acceptors (Lipinski definition) is 3. The first-order chi connectivity index (χ1) is 8.32. The molecular weight excluding hydrogens is 224 g/mol. The van der Waals surface area contributed by atoms with Gasteiger partial charge in [0.25, 0.3) is 0 Å². The summed E-state index contributed by atoms with van der Waals surface area (Å²) >= 11 is 0. The minimum Gasteiger partial charge on any atom is -0.395 e. The zero-order chi connectivity index (χ0) is 14.2. The lowest BCUT2D eigenvalue weighted by Crippen LogP contribution is -2.44. The van der Waals surface area contributed by atoms with Gasteiger partial charge in [-0.15, -0.1) is 0 Å². The minimum absolute atomic E-state index is 0.251. The van der Waals surface area contributed by atoms with Crippen LogP contribution in [0.4, 0.5) is 0 Å². The van der Waals surface area contributed by atoms with Crippen LogP contribution in [-0.2, 0) is 0 Å². The van der Waals surface area contributed by atoms with Gasteiger partial charge in [0.05, 0.1) is 6.61 Å². The van der Waals surface area contributed by atoms with Crippen molar-refractivity contribution in [3.63, 3.8) is 0 Å². The van der Waals surface area contributed by atoms with Gasteiger partial charge in [-0.05, 0) is 45.2 Å². The van der Waals surface area contributed by atoms with Crippen LogP contribution >= 0.6 is 0 Å². The summed E-state index contributed by atoms with van der Waals surface area (Å²) in [6, 6.07) is 1.04. The Morgan fingerprint density at radius 2 is 1.78 bits per heavy atom. The van der Waals surface area contributed by atoms with Crippen LogP contribution in [0.25, 0.3) is 0 Å². The number of rotatable bonds is 9. The zero-order valence-corrected chi connectivity index (χ0v) is 13.3. The van der Waals surface area contributed by atoms with Crippen LogP contribution in [0.1, 0.15) is 54.4 Å². The molecule has 0 aromatic rings. The molecule has 0 saturated heterocycles. The number of aliphatic hydroxyl groups excluding tert-OH is 1. The molecule has 3 nitrogen and oxygen atoms in total. The van der Waals surface area contributed by atoms with Crippen molar-refractivity contribution in [1.82, 2.24) is 10.2 Å². The monoisotopic (exact) mass is 258 g/mol. The van der Waals surface area contributed by atoms with Gasteiger partial charge in [-0.1, -0.05) is 27.7 Å². The van der Waals surface area contributed by atoms with Gasteiger partial charge in [0.15, 0.2) is 0 Å². The largest absolute Gasteiger partial charge is 0.395 e. The Kier molecular flexibility index (Phi) is 8.83. The molecule has 0 fully saturated rings. The SMILES string of the molecule is CCCNC(CCN(CCO)C(C)C)C(C)(C)C. The lowest BCUT2D eigenvalue weighted by molar-refractivity contribution is 0.145. The average molecular weight is 258 g/mol. The summed E-state index contributed by atoms with van der Waals surface area (Å²) in [4.78, 5) is 2.35. The Bertz CT molecular complexity index is 199. The molecular formula is C15H34N2O. The Morgan fingerprint density at radius 3 is 2.17 bits per heavy atom. The molecule has 0 heterocycles. The molecule has 0 aliphatic carbocycles. The molecule has 1 atom stereocenters. The van der Waals surface area contributed by atoms with Gasteiger partial charge in [-0.25, -0.2) is 0 Å². The molecule has 0 radical (unpaired) electrons. The Labute approximate surface area is 114 Å². The summed E-state index contributed by atoms with van der Waals surface area (Å²) in [6.45, 7) is 16.7. The Balaban J connectivity index is 4.30. The highest BCUT2D eigenvalue weighted by Gasteiger charge is 2.24. The third-order valence-corrected chi connectivity index (χ3v) is 3.51. The van der Waals surface area contributed by atoms with Crippen LogP contribution in [0.15, 0.2) is 0 Å². The molecule has 0 bridgehead atoms. The molecule has 0 aliphatic rings. The molecule has 0 aromatic heterocycles. The molecule has 18 heavy (non-hydrogen) atoms. The fourth-order valence-electron chi connectivity index (χ4n) is 2.21. The fraction of sp³-hybridized carbons (Fsp3) is 1.00. The summed E-state index contributed by atoms with van der Waals surface area (Å²) in [6.07, 6.45) is 2.32. The van der Waals surface area contributed by atoms with E-state index in [0.717, 1.165) is 26.1 Å². The first-order valence-corrected chi connectivity index (χ1v) is 7.41. The second-order valence-electron chi connectivity index (χ2n) is 6.51. The van der Waals surface area contributed by atoms with Crippen molar-refractivity contribution in [2.45, 2.75) is 66.5 Å². The molecule has 0 amide bonds. The van der Waals surface area contributed by atoms with Gasteiger partial charge in [-0.2, -0.15) is 0 Å². The predicted octanol–water partition coefficient (Wildman–Crippen LogP) is 2.49. The normalized spacial score (nSPS) is 14.5. The topological polar surface area (TPSA) is 35.5 Å². The maximum atomic E-state index is 9.09. The van der Waals surface area contributed by atoms with E-state index < -0.39 is 0 Å². The molecule has 0 saturated carbocycles. The van der Waals surface area contributed by atoms with E-state index in [9.17, 15) is 0 Å². The average Bonchev–Trinajstić information content (AvgIpc) is 2.25. The summed E-state index contributed by atoms with van der Waals surface area (Å²) < 4.78 is 0. The predicted molar refractivity (Wildman–Crippen MR) is 79.9 cm³/mol. The number of aliphatic hydroxyl groups is 1. The summed E-state index contributed by atoms with van der Waals surface area (Å²) in [5, 5.41) is 12.8. The second-order valence-corrected chi connectivity index (χ2v) is 6.51. The highest BCUT2D eigenvalue weighted by Crippen LogP contribution is 2.22. The van der Waals surface area contributed by atoms with Gasteiger partial charge < -0.3 is 10.4 Å². The van der Waals surface area contributed by atoms with E-state index in [4.69, 9.17) is 5.11 Å². The van der Waals surface area contributed by atoms with Crippen molar-refractivity contribution in [3.05, 3.63) is 0 Å². The van der Waals surface area contributed by atoms with Gasteiger partial charge >= 0.3 is 0 Å². The smallest absolute Gasteiger partial charge is 0.0558 e. The van der Waals surface area contributed by atoms with Gasteiger partial charge in [0, 0.05) is 18.6 Å². The van der Waals surface area contributed by atoms with Gasteiger partial charge in [0.1, 0.15) is 0 Å². The van der Waals surface area contributed by atoms with Crippen molar-refractivity contribution in [2.24, 2.45) is 5.41 Å². The molecule has 0 aromatic carbocycles. The fourth-order valence-corrected chi connectivity index (χ4v) is 2.21. The first-order valence-electron chi connectivity index (χ1n) is 7.41. The minimum atomic E-state index is 0.251. The van der Waals surface area contributed by atoms with Crippen LogP contribution in [-0.4, -0.2) is 48.3 Å². The maximum Gasteiger partial charge on any atom is 0.0558 e. The molecule has 0 spiro atoms. The third kappa shape index (κ3) is 7.34. The van der Waals surface area contributed by atoms with E-state index >= 15 is 0 Å². The molecule has 2 N–H and O–H groups in total. The van der Waals surface area contributed by atoms with E-state index in [1.54, 1.807) is 0 Å². The molecule has 3 heteroatoms. The van der Waals surface area contributed by atoms with E-state index in [1.807, 2.05) is 0 Å². The van der Waals surface area contributed by atoms with Gasteiger partial charge in [0.2, 0.25) is 0 Å². The number of nitrogens with zero attached hydrogens (tertiary/aromatic N) is 1. The lowest BCUT2D eigenvalue weighted by atomic mass is 9.84. The van der Waals surface area contributed by atoms with Crippen LogP contribution < -0.4 is 5.32 Å². The standard InChI is InChI=1S/C15H34N2O/c1-7-9-16-14(15(4,5)6)8-10-17(11-12-18)13(2)3/h13-14,16,18H,7-12H2,1-6H3. The van der Waals surface area contributed by atoms with Crippen molar-refractivity contribution in [3.8, 4) is 0 Å². The van der Waals surface area contributed by atoms with E-state index in [1.165, 1.54) is 6.42 Å². The third-order valence-electron chi connectivity index (χ3n) is 3.51. The molecule has 0 rings (SSSR count). The summed E-state index contributed by atoms with van der Waals surface area (Å²) in [5.74, 6) is 0. The van der Waals surface area contributed by atoms with Crippen molar-refractivity contribution >= 4 is 0 Å². The van der Waals surface area contributed by atoms with Crippen molar-refractivity contribution in [1.29, 1.82) is 0 Å². The van der Waals surface area contributed by atoms with Crippen molar-refractivity contribution < 1.29 is 5.11 Å². The molecule has 110 valence electrons. The zero-order valence-electron chi connectivity index (χ0n) is 13.3. The molecule has 1 unspecified atom stereocenters. The Hall–Kier alpha value is -0.120. The summed E-state index contributed by atoms with van der Waals surface area (Å²) in [7, 11) is 0. The number of hydrogen-bond donors (Lipinski definition) is 2. The quantitative estimate of drug-likeness (QED) is 0.667. The highest BCUT2D eigenvalue weighted by molar-refractivity contribution is 4.81. The van der Waals surface area contributed by atoms with E-state index in [0.29, 0.717) is 12.1 Å². The molecule has 0 aliphatic heterocycles. The lowest BCUT2D eigenvalue weighted by Gasteiger charge is -2.34. The highest BCUT2D eigenvalue weighted by atomic mass is 16.3. The van der Waals surface area contributed by atoms with Crippen LogP contribution in [0.5, 0.6) is 0 Å².